The molecule has 0 aromatic heterocycles. The zero-order valence-corrected chi connectivity index (χ0v) is 11.4. The fourth-order valence-corrected chi connectivity index (χ4v) is 3.00. The zero-order chi connectivity index (χ0) is 12.5. The van der Waals surface area contributed by atoms with Crippen molar-refractivity contribution in [1.82, 2.24) is 4.72 Å². The third-order valence-corrected chi connectivity index (χ3v) is 4.52. The van der Waals surface area contributed by atoms with Gasteiger partial charge in [-0.1, -0.05) is 12.1 Å². The van der Waals surface area contributed by atoms with Crippen LogP contribution in [0.2, 0.25) is 0 Å². The van der Waals surface area contributed by atoms with E-state index in [9.17, 15) is 12.8 Å². The minimum Gasteiger partial charge on any atom is -0.324 e. The summed E-state index contributed by atoms with van der Waals surface area (Å²) < 4.78 is 39.4. The fourth-order valence-electron chi connectivity index (χ4n) is 1.79. The predicted octanol–water partition coefficient (Wildman–Crippen LogP) is 1.41. The van der Waals surface area contributed by atoms with Gasteiger partial charge >= 0.3 is 0 Å². The molecule has 1 aliphatic carbocycles. The maximum absolute atomic E-state index is 13.4. The molecule has 0 amide bonds. The molecule has 0 radical (unpaired) electrons. The van der Waals surface area contributed by atoms with Crippen molar-refractivity contribution in [3.05, 3.63) is 30.1 Å². The standard InChI is InChI=1S/C11H15FN2O2S.ClH/c12-9-4-1-2-5-10(9)17(15,16)14-8-11(13)6-3-7-11;/h1-2,4-5,14H,3,6-8,13H2;1H. The van der Waals surface area contributed by atoms with E-state index in [1.54, 1.807) is 0 Å². The van der Waals surface area contributed by atoms with Crippen LogP contribution in [0.3, 0.4) is 0 Å². The van der Waals surface area contributed by atoms with Crippen molar-refractivity contribution in [2.24, 2.45) is 5.73 Å². The first kappa shape index (κ1) is 15.4. The van der Waals surface area contributed by atoms with Crippen LogP contribution in [0.25, 0.3) is 0 Å². The van der Waals surface area contributed by atoms with Gasteiger partial charge in [-0.05, 0) is 31.4 Å². The number of benzene rings is 1. The maximum atomic E-state index is 13.4. The summed E-state index contributed by atoms with van der Waals surface area (Å²) in [6.45, 7) is 0.156. The highest BCUT2D eigenvalue weighted by Gasteiger charge is 2.34. The first-order valence-corrected chi connectivity index (χ1v) is 6.94. The Kier molecular flexibility index (Phi) is 4.72. The van der Waals surface area contributed by atoms with Crippen LogP contribution in [0.15, 0.2) is 29.2 Å². The van der Waals surface area contributed by atoms with Gasteiger partial charge < -0.3 is 5.73 Å². The van der Waals surface area contributed by atoms with Crippen molar-refractivity contribution in [1.29, 1.82) is 0 Å². The smallest absolute Gasteiger partial charge is 0.243 e. The van der Waals surface area contributed by atoms with Gasteiger partial charge in [-0.3, -0.25) is 0 Å². The molecule has 1 saturated carbocycles. The predicted molar refractivity (Wildman–Crippen MR) is 69.6 cm³/mol. The van der Waals surface area contributed by atoms with E-state index in [2.05, 4.69) is 4.72 Å². The molecule has 1 fully saturated rings. The van der Waals surface area contributed by atoms with Gasteiger partial charge in [0.1, 0.15) is 10.7 Å². The van der Waals surface area contributed by atoms with Gasteiger partial charge in [0.25, 0.3) is 0 Å². The Hall–Kier alpha value is -0.690. The number of nitrogens with two attached hydrogens (primary N) is 1. The first-order valence-electron chi connectivity index (χ1n) is 5.46. The Balaban J connectivity index is 0.00000162. The molecule has 4 nitrogen and oxygen atoms in total. The molecule has 7 heteroatoms. The van der Waals surface area contributed by atoms with Gasteiger partial charge in [0, 0.05) is 12.1 Å². The van der Waals surface area contributed by atoms with Crippen molar-refractivity contribution in [3.8, 4) is 0 Å². The average molecular weight is 295 g/mol. The number of hydrogen-bond donors (Lipinski definition) is 2. The van der Waals surface area contributed by atoms with Gasteiger partial charge in [0.2, 0.25) is 10.0 Å². The summed E-state index contributed by atoms with van der Waals surface area (Å²) in [6.07, 6.45) is 2.61. The second-order valence-electron chi connectivity index (χ2n) is 4.47. The molecule has 1 aromatic carbocycles. The third-order valence-electron chi connectivity index (χ3n) is 3.09. The highest BCUT2D eigenvalue weighted by atomic mass is 35.5. The summed E-state index contributed by atoms with van der Waals surface area (Å²) >= 11 is 0. The van der Waals surface area contributed by atoms with Crippen molar-refractivity contribution in [2.75, 3.05) is 6.54 Å². The molecule has 1 aromatic rings. The molecule has 0 heterocycles. The van der Waals surface area contributed by atoms with Crippen LogP contribution in [0, 0.1) is 5.82 Å². The summed E-state index contributed by atoms with van der Waals surface area (Å²) in [4.78, 5) is -0.331. The van der Waals surface area contributed by atoms with Crippen LogP contribution in [0.1, 0.15) is 19.3 Å². The first-order chi connectivity index (χ1) is 7.93. The second kappa shape index (κ2) is 5.52. The minimum atomic E-state index is -3.81. The average Bonchev–Trinajstić information content (AvgIpc) is 2.24. The van der Waals surface area contributed by atoms with E-state index in [-0.39, 0.29) is 23.8 Å². The Bertz CT molecular complexity index is 518. The van der Waals surface area contributed by atoms with E-state index in [1.165, 1.54) is 18.2 Å². The summed E-state index contributed by atoms with van der Waals surface area (Å²) in [5.41, 5.74) is 5.45. The molecule has 0 atom stereocenters. The van der Waals surface area contributed by atoms with Crippen LogP contribution < -0.4 is 10.5 Å². The molecular weight excluding hydrogens is 279 g/mol. The monoisotopic (exact) mass is 294 g/mol. The van der Waals surface area contributed by atoms with E-state index in [1.807, 2.05) is 0 Å². The summed E-state index contributed by atoms with van der Waals surface area (Å²) in [7, 11) is -3.81. The molecule has 18 heavy (non-hydrogen) atoms. The molecule has 0 saturated heterocycles. The Morgan fingerprint density at radius 2 is 1.94 bits per heavy atom. The lowest BCUT2D eigenvalue weighted by molar-refractivity contribution is 0.251. The lowest BCUT2D eigenvalue weighted by atomic mass is 9.78. The van der Waals surface area contributed by atoms with Gasteiger partial charge in [0.15, 0.2) is 0 Å². The quantitative estimate of drug-likeness (QED) is 0.882. The highest BCUT2D eigenvalue weighted by Crippen LogP contribution is 2.28. The lowest BCUT2D eigenvalue weighted by Crippen LogP contribution is -2.54. The Morgan fingerprint density at radius 3 is 2.44 bits per heavy atom. The van der Waals surface area contributed by atoms with E-state index < -0.39 is 21.4 Å². The van der Waals surface area contributed by atoms with E-state index in [4.69, 9.17) is 5.73 Å². The summed E-state index contributed by atoms with van der Waals surface area (Å²) in [5, 5.41) is 0. The fraction of sp³-hybridized carbons (Fsp3) is 0.455. The highest BCUT2D eigenvalue weighted by molar-refractivity contribution is 7.89. The Morgan fingerprint density at radius 1 is 1.33 bits per heavy atom. The zero-order valence-electron chi connectivity index (χ0n) is 9.73. The maximum Gasteiger partial charge on any atom is 0.243 e. The minimum absolute atomic E-state index is 0. The summed E-state index contributed by atoms with van der Waals surface area (Å²) in [6, 6.07) is 5.29. The SMILES string of the molecule is Cl.NC1(CNS(=O)(=O)c2ccccc2F)CCC1. The van der Waals surface area contributed by atoms with Gasteiger partial charge in [0.05, 0.1) is 0 Å². The molecular formula is C11H16ClFN2O2S. The number of sulfonamides is 1. The van der Waals surface area contributed by atoms with E-state index >= 15 is 0 Å². The molecule has 2 rings (SSSR count). The van der Waals surface area contributed by atoms with Crippen molar-refractivity contribution < 1.29 is 12.8 Å². The largest absolute Gasteiger partial charge is 0.324 e. The lowest BCUT2D eigenvalue weighted by Gasteiger charge is -2.37. The molecule has 1 aliphatic rings. The topological polar surface area (TPSA) is 72.2 Å². The van der Waals surface area contributed by atoms with Gasteiger partial charge in [-0.2, -0.15) is 0 Å². The van der Waals surface area contributed by atoms with E-state index in [0.29, 0.717) is 0 Å². The van der Waals surface area contributed by atoms with Gasteiger partial charge in [-0.15, -0.1) is 12.4 Å². The van der Waals surface area contributed by atoms with Crippen molar-refractivity contribution >= 4 is 22.4 Å². The molecule has 3 N–H and O–H groups in total. The van der Waals surface area contributed by atoms with E-state index in [0.717, 1.165) is 25.3 Å². The molecule has 0 aliphatic heterocycles. The molecule has 102 valence electrons. The molecule has 0 bridgehead atoms. The number of rotatable bonds is 4. The number of hydrogen-bond acceptors (Lipinski definition) is 3. The number of halogens is 2. The van der Waals surface area contributed by atoms with Crippen LogP contribution in [0.5, 0.6) is 0 Å². The van der Waals surface area contributed by atoms with Crippen LogP contribution in [0.4, 0.5) is 4.39 Å². The van der Waals surface area contributed by atoms with Crippen LogP contribution >= 0.6 is 12.4 Å². The number of nitrogens with one attached hydrogen (secondary N) is 1. The van der Waals surface area contributed by atoms with Crippen LogP contribution in [-0.4, -0.2) is 20.5 Å². The second-order valence-corrected chi connectivity index (χ2v) is 6.21. The van der Waals surface area contributed by atoms with Gasteiger partial charge in [-0.25, -0.2) is 17.5 Å². The normalized spacial score (nSPS) is 17.7. The van der Waals surface area contributed by atoms with Crippen molar-refractivity contribution in [2.45, 2.75) is 29.7 Å². The third kappa shape index (κ3) is 3.20. The van der Waals surface area contributed by atoms with Crippen LogP contribution in [-0.2, 0) is 10.0 Å². The molecule has 0 spiro atoms. The van der Waals surface area contributed by atoms with Crippen molar-refractivity contribution in [3.63, 3.8) is 0 Å². The summed E-state index contributed by atoms with van der Waals surface area (Å²) in [5.74, 6) is -0.750. The Labute approximate surface area is 112 Å². The molecule has 0 unspecified atom stereocenters.